The van der Waals surface area contributed by atoms with E-state index in [0.717, 1.165) is 28.7 Å². The van der Waals surface area contributed by atoms with Crippen molar-refractivity contribution in [3.05, 3.63) is 59.7 Å². The third-order valence-electron chi connectivity index (χ3n) is 5.70. The molecule has 33 heavy (non-hydrogen) atoms. The Kier molecular flexibility index (Phi) is 8.43. The van der Waals surface area contributed by atoms with Crippen molar-refractivity contribution < 1.29 is 29.0 Å². The van der Waals surface area contributed by atoms with Gasteiger partial charge in [-0.15, -0.1) is 0 Å². The lowest BCUT2D eigenvalue weighted by atomic mass is 9.98. The van der Waals surface area contributed by atoms with E-state index in [9.17, 15) is 14.4 Å². The molecule has 1 aliphatic carbocycles. The van der Waals surface area contributed by atoms with Crippen LogP contribution in [0.4, 0.5) is 4.79 Å². The van der Waals surface area contributed by atoms with Crippen molar-refractivity contribution in [3.63, 3.8) is 0 Å². The molecule has 0 fully saturated rings. The molecular formula is C25H30N2O6. The highest BCUT2D eigenvalue weighted by atomic mass is 16.5. The number of carbonyl (C=O) groups is 3. The van der Waals surface area contributed by atoms with Crippen molar-refractivity contribution in [3.8, 4) is 11.1 Å². The minimum absolute atomic E-state index is 0.0501. The fourth-order valence-electron chi connectivity index (χ4n) is 4.20. The maximum absolute atomic E-state index is 12.5. The van der Waals surface area contributed by atoms with Gasteiger partial charge in [-0.25, -0.2) is 9.59 Å². The zero-order valence-corrected chi connectivity index (χ0v) is 18.9. The highest BCUT2D eigenvalue weighted by Crippen LogP contribution is 2.44. The van der Waals surface area contributed by atoms with Gasteiger partial charge in [0.15, 0.2) is 6.04 Å². The number of amides is 2. The van der Waals surface area contributed by atoms with E-state index in [1.54, 1.807) is 0 Å². The number of hydrogen-bond acceptors (Lipinski definition) is 5. The number of rotatable bonds is 11. The van der Waals surface area contributed by atoms with Gasteiger partial charge in [-0.1, -0.05) is 61.9 Å². The second-order valence-electron chi connectivity index (χ2n) is 8.07. The van der Waals surface area contributed by atoms with Crippen LogP contribution >= 0.6 is 0 Å². The Balaban J connectivity index is 1.58. The Hall–Kier alpha value is -3.39. The predicted molar refractivity (Wildman–Crippen MR) is 123 cm³/mol. The van der Waals surface area contributed by atoms with Crippen LogP contribution in [0.5, 0.6) is 0 Å². The first-order valence-electron chi connectivity index (χ1n) is 11.1. The number of hydrogen-bond donors (Lipinski definition) is 3. The normalized spacial score (nSPS) is 14.0. The smallest absolute Gasteiger partial charge is 0.407 e. The molecule has 3 rings (SSSR count). The lowest BCUT2D eigenvalue weighted by molar-refractivity contribution is -0.143. The number of alkyl carbamates (subject to hydrolysis) is 1. The quantitative estimate of drug-likeness (QED) is 0.480. The average Bonchev–Trinajstić information content (AvgIpc) is 3.11. The number of fused-ring (bicyclic) bond motifs is 3. The van der Waals surface area contributed by atoms with Gasteiger partial charge < -0.3 is 25.2 Å². The molecule has 0 saturated carbocycles. The fourth-order valence-corrected chi connectivity index (χ4v) is 4.20. The van der Waals surface area contributed by atoms with Crippen LogP contribution < -0.4 is 10.6 Å². The number of aliphatic carboxylic acids is 1. The van der Waals surface area contributed by atoms with E-state index >= 15 is 0 Å². The summed E-state index contributed by atoms with van der Waals surface area (Å²) in [7, 11) is 1.36. The second kappa shape index (κ2) is 11.5. The van der Waals surface area contributed by atoms with E-state index in [0.29, 0.717) is 6.42 Å². The first-order valence-corrected chi connectivity index (χ1v) is 11.1. The number of nitrogens with one attached hydrogen (secondary N) is 2. The van der Waals surface area contributed by atoms with Gasteiger partial charge in [-0.2, -0.15) is 0 Å². The van der Waals surface area contributed by atoms with Gasteiger partial charge in [0.1, 0.15) is 6.61 Å². The molecule has 2 atom stereocenters. The summed E-state index contributed by atoms with van der Waals surface area (Å²) in [6.07, 6.45) is 0.641. The number of benzene rings is 2. The number of carbonyl (C=O) groups excluding carboxylic acids is 2. The molecule has 2 aromatic rings. The van der Waals surface area contributed by atoms with Crippen LogP contribution in [-0.2, 0) is 19.1 Å². The molecule has 0 unspecified atom stereocenters. The van der Waals surface area contributed by atoms with Gasteiger partial charge in [0.25, 0.3) is 0 Å². The molecule has 2 aromatic carbocycles. The molecule has 0 aliphatic heterocycles. The molecular weight excluding hydrogens is 424 g/mol. The van der Waals surface area contributed by atoms with E-state index in [-0.39, 0.29) is 25.6 Å². The summed E-state index contributed by atoms with van der Waals surface area (Å²) in [4.78, 5) is 36.1. The van der Waals surface area contributed by atoms with Crippen molar-refractivity contribution >= 4 is 18.0 Å². The van der Waals surface area contributed by atoms with E-state index in [2.05, 4.69) is 22.8 Å². The molecule has 0 bridgehead atoms. The SMILES string of the molecule is CCC[C@H](CC(=O)N[C@@H](COC)C(=O)O)NC(=O)OCC1c2ccccc2-c2ccccc21. The molecule has 176 valence electrons. The van der Waals surface area contributed by atoms with Crippen LogP contribution in [-0.4, -0.2) is 55.5 Å². The average molecular weight is 455 g/mol. The van der Waals surface area contributed by atoms with Crippen molar-refractivity contribution in [1.82, 2.24) is 10.6 Å². The van der Waals surface area contributed by atoms with E-state index < -0.39 is 30.1 Å². The molecule has 0 aromatic heterocycles. The van der Waals surface area contributed by atoms with Crippen LogP contribution in [0, 0.1) is 0 Å². The second-order valence-corrected chi connectivity index (χ2v) is 8.07. The van der Waals surface area contributed by atoms with Gasteiger partial charge in [0.2, 0.25) is 5.91 Å². The van der Waals surface area contributed by atoms with Crippen molar-refractivity contribution in [2.75, 3.05) is 20.3 Å². The molecule has 2 amide bonds. The molecule has 1 aliphatic rings. The third-order valence-corrected chi connectivity index (χ3v) is 5.70. The lowest BCUT2D eigenvalue weighted by Gasteiger charge is -2.20. The largest absolute Gasteiger partial charge is 0.480 e. The molecule has 0 spiro atoms. The van der Waals surface area contributed by atoms with Crippen molar-refractivity contribution in [1.29, 1.82) is 0 Å². The third kappa shape index (κ3) is 6.10. The Morgan fingerprint density at radius 3 is 2.15 bits per heavy atom. The molecule has 0 heterocycles. The number of ether oxygens (including phenoxy) is 2. The van der Waals surface area contributed by atoms with Gasteiger partial charge in [0.05, 0.1) is 6.61 Å². The van der Waals surface area contributed by atoms with Crippen molar-refractivity contribution in [2.45, 2.75) is 44.2 Å². The van der Waals surface area contributed by atoms with E-state index in [1.807, 2.05) is 43.3 Å². The minimum Gasteiger partial charge on any atom is -0.480 e. The topological polar surface area (TPSA) is 114 Å². The Morgan fingerprint density at radius 2 is 1.61 bits per heavy atom. The summed E-state index contributed by atoms with van der Waals surface area (Å²) in [5, 5.41) is 14.3. The van der Waals surface area contributed by atoms with Crippen LogP contribution in [0.2, 0.25) is 0 Å². The van der Waals surface area contributed by atoms with Gasteiger partial charge in [-0.05, 0) is 28.7 Å². The number of carboxylic acids is 1. The van der Waals surface area contributed by atoms with Crippen LogP contribution in [0.15, 0.2) is 48.5 Å². The summed E-state index contributed by atoms with van der Waals surface area (Å²) in [5.74, 6) is -1.71. The molecule has 3 N–H and O–H groups in total. The highest BCUT2D eigenvalue weighted by molar-refractivity contribution is 5.84. The Bertz CT molecular complexity index is 947. The van der Waals surface area contributed by atoms with Crippen LogP contribution in [0.3, 0.4) is 0 Å². The van der Waals surface area contributed by atoms with Gasteiger partial charge in [0, 0.05) is 25.5 Å². The highest BCUT2D eigenvalue weighted by Gasteiger charge is 2.29. The fraction of sp³-hybridized carbons (Fsp3) is 0.400. The summed E-state index contributed by atoms with van der Waals surface area (Å²) in [6.45, 7) is 1.98. The van der Waals surface area contributed by atoms with Crippen LogP contribution in [0.25, 0.3) is 11.1 Å². The van der Waals surface area contributed by atoms with Crippen LogP contribution in [0.1, 0.15) is 43.2 Å². The van der Waals surface area contributed by atoms with E-state index in [4.69, 9.17) is 14.6 Å². The number of methoxy groups -OCH3 is 1. The molecule has 0 radical (unpaired) electrons. The Labute approximate surface area is 193 Å². The summed E-state index contributed by atoms with van der Waals surface area (Å²) < 4.78 is 10.4. The number of carboxylic acid groups (broad SMARTS) is 1. The lowest BCUT2D eigenvalue weighted by Crippen LogP contribution is -2.46. The molecule has 0 saturated heterocycles. The molecule has 8 heteroatoms. The maximum atomic E-state index is 12.5. The summed E-state index contributed by atoms with van der Waals surface area (Å²) in [6, 6.07) is 14.6. The summed E-state index contributed by atoms with van der Waals surface area (Å²) in [5.41, 5.74) is 4.53. The monoisotopic (exact) mass is 454 g/mol. The first kappa shape index (κ1) is 24.3. The van der Waals surface area contributed by atoms with Crippen molar-refractivity contribution in [2.24, 2.45) is 0 Å². The standard InChI is InChI=1S/C25H30N2O6/c1-3-8-16(13-23(28)27-22(15-32-2)24(29)30)26-25(31)33-14-21-19-11-6-4-9-17(19)18-10-5-7-12-20(18)21/h4-7,9-12,16,21-22H,3,8,13-15H2,1-2H3,(H,26,31)(H,27,28)(H,29,30)/t16-,22+/m1/s1. The minimum atomic E-state index is -1.18. The van der Waals surface area contributed by atoms with Gasteiger partial charge in [-0.3, -0.25) is 4.79 Å². The van der Waals surface area contributed by atoms with E-state index in [1.165, 1.54) is 7.11 Å². The zero-order valence-electron chi connectivity index (χ0n) is 18.9. The zero-order chi connectivity index (χ0) is 23.8. The molecule has 8 nitrogen and oxygen atoms in total. The first-order chi connectivity index (χ1) is 15.9. The maximum Gasteiger partial charge on any atom is 0.407 e. The Morgan fingerprint density at radius 1 is 1.00 bits per heavy atom. The van der Waals surface area contributed by atoms with Gasteiger partial charge >= 0.3 is 12.1 Å². The predicted octanol–water partition coefficient (Wildman–Crippen LogP) is 3.30. The summed E-state index contributed by atoms with van der Waals surface area (Å²) >= 11 is 0.